The minimum absolute atomic E-state index is 0.241. The summed E-state index contributed by atoms with van der Waals surface area (Å²) in [4.78, 5) is 0. The third kappa shape index (κ3) is 1.94. The highest BCUT2D eigenvalue weighted by molar-refractivity contribution is 4.90. The lowest BCUT2D eigenvalue weighted by atomic mass is 10.00. The van der Waals surface area contributed by atoms with Crippen LogP contribution in [-0.4, -0.2) is 24.4 Å². The number of epoxide rings is 2. The third-order valence-corrected chi connectivity index (χ3v) is 2.69. The molecule has 0 aromatic carbocycles. The molecule has 2 fully saturated rings. The fourth-order valence-electron chi connectivity index (χ4n) is 1.37. The topological polar surface area (TPSA) is 25.1 Å². The molecule has 0 bridgehead atoms. The Bertz CT molecular complexity index is 139. The van der Waals surface area contributed by atoms with Crippen molar-refractivity contribution in [2.24, 2.45) is 0 Å². The molecule has 2 nitrogen and oxygen atoms in total. The van der Waals surface area contributed by atoms with Crippen LogP contribution in [0, 0.1) is 0 Å². The van der Waals surface area contributed by atoms with E-state index in [9.17, 15) is 0 Å². The maximum absolute atomic E-state index is 5.29. The maximum atomic E-state index is 5.29. The molecule has 0 radical (unpaired) electrons. The highest BCUT2D eigenvalue weighted by atomic mass is 16.6. The number of hydrogen-bond acceptors (Lipinski definition) is 2. The molecule has 64 valence electrons. The van der Waals surface area contributed by atoms with Crippen LogP contribution in [-0.2, 0) is 9.47 Å². The van der Waals surface area contributed by atoms with E-state index in [0.717, 1.165) is 13.2 Å². The van der Waals surface area contributed by atoms with Crippen LogP contribution < -0.4 is 0 Å². The molecule has 2 unspecified atom stereocenters. The summed E-state index contributed by atoms with van der Waals surface area (Å²) in [6.45, 7) is 6.29. The number of hydrogen-bond donors (Lipinski definition) is 0. The molecule has 0 aromatic heterocycles. The minimum Gasteiger partial charge on any atom is -0.370 e. The lowest BCUT2D eigenvalue weighted by Crippen LogP contribution is -2.08. The summed E-state index contributed by atoms with van der Waals surface area (Å²) in [6, 6.07) is 0. The van der Waals surface area contributed by atoms with E-state index in [1.807, 2.05) is 0 Å². The fourth-order valence-corrected chi connectivity index (χ4v) is 1.37. The zero-order valence-corrected chi connectivity index (χ0v) is 7.35. The van der Waals surface area contributed by atoms with Gasteiger partial charge < -0.3 is 9.47 Å². The first-order valence-electron chi connectivity index (χ1n) is 4.40. The van der Waals surface area contributed by atoms with Crippen LogP contribution in [0.4, 0.5) is 0 Å². The second kappa shape index (κ2) is 2.20. The first kappa shape index (κ1) is 7.56. The third-order valence-electron chi connectivity index (χ3n) is 2.69. The summed E-state index contributed by atoms with van der Waals surface area (Å²) in [6.07, 6.45) is 3.64. The van der Waals surface area contributed by atoms with Crippen molar-refractivity contribution in [1.29, 1.82) is 0 Å². The molecule has 2 rings (SSSR count). The number of ether oxygens (including phenoxy) is 2. The molecule has 0 saturated carbocycles. The maximum Gasteiger partial charge on any atom is 0.0888 e. The number of rotatable bonds is 4. The van der Waals surface area contributed by atoms with E-state index in [2.05, 4.69) is 13.8 Å². The molecule has 2 atom stereocenters. The van der Waals surface area contributed by atoms with Crippen molar-refractivity contribution in [3.63, 3.8) is 0 Å². The SMILES string of the molecule is CC1(CCCC2(C)CO2)CO1. The molecular formula is C9H16O2. The summed E-state index contributed by atoms with van der Waals surface area (Å²) in [5.74, 6) is 0. The smallest absolute Gasteiger partial charge is 0.0888 e. The predicted molar refractivity (Wildman–Crippen MR) is 42.6 cm³/mol. The van der Waals surface area contributed by atoms with Gasteiger partial charge in [-0.15, -0.1) is 0 Å². The first-order valence-corrected chi connectivity index (χ1v) is 4.40. The van der Waals surface area contributed by atoms with Crippen LogP contribution >= 0.6 is 0 Å². The Balaban J connectivity index is 1.60. The van der Waals surface area contributed by atoms with Gasteiger partial charge in [0, 0.05) is 0 Å². The van der Waals surface area contributed by atoms with E-state index in [-0.39, 0.29) is 11.2 Å². The quantitative estimate of drug-likeness (QED) is 0.579. The standard InChI is InChI=1S/C9H16O2/c1-8(6-10-8)4-3-5-9(2)7-11-9/h3-7H2,1-2H3. The predicted octanol–water partition coefficient (Wildman–Crippen LogP) is 1.73. The average molecular weight is 156 g/mol. The van der Waals surface area contributed by atoms with E-state index in [4.69, 9.17) is 9.47 Å². The largest absolute Gasteiger partial charge is 0.370 e. The molecule has 0 aromatic rings. The van der Waals surface area contributed by atoms with Gasteiger partial charge in [0.2, 0.25) is 0 Å². The van der Waals surface area contributed by atoms with Crippen LogP contribution in [0.3, 0.4) is 0 Å². The molecule has 2 saturated heterocycles. The van der Waals surface area contributed by atoms with E-state index >= 15 is 0 Å². The Morgan fingerprint density at radius 3 is 1.64 bits per heavy atom. The van der Waals surface area contributed by atoms with Gasteiger partial charge in [0.05, 0.1) is 24.4 Å². The van der Waals surface area contributed by atoms with Crippen molar-refractivity contribution < 1.29 is 9.47 Å². The van der Waals surface area contributed by atoms with Crippen molar-refractivity contribution in [2.45, 2.75) is 44.3 Å². The lowest BCUT2D eigenvalue weighted by molar-refractivity contribution is 0.271. The molecule has 2 heterocycles. The van der Waals surface area contributed by atoms with Crippen LogP contribution in [0.25, 0.3) is 0 Å². The molecule has 2 heteroatoms. The lowest BCUT2D eigenvalue weighted by Gasteiger charge is -2.06. The summed E-state index contributed by atoms with van der Waals surface area (Å²) in [5, 5.41) is 0. The van der Waals surface area contributed by atoms with Crippen molar-refractivity contribution >= 4 is 0 Å². The molecule has 0 aliphatic carbocycles. The van der Waals surface area contributed by atoms with E-state index in [0.29, 0.717) is 0 Å². The van der Waals surface area contributed by atoms with E-state index in [1.165, 1.54) is 19.3 Å². The van der Waals surface area contributed by atoms with E-state index < -0.39 is 0 Å². The highest BCUT2D eigenvalue weighted by Gasteiger charge is 2.42. The Hall–Kier alpha value is -0.0800. The van der Waals surface area contributed by atoms with Gasteiger partial charge in [-0.2, -0.15) is 0 Å². The van der Waals surface area contributed by atoms with Crippen LogP contribution in [0.15, 0.2) is 0 Å². The molecule has 0 N–H and O–H groups in total. The van der Waals surface area contributed by atoms with Gasteiger partial charge >= 0.3 is 0 Å². The molecule has 0 spiro atoms. The monoisotopic (exact) mass is 156 g/mol. The van der Waals surface area contributed by atoms with Crippen molar-refractivity contribution in [3.8, 4) is 0 Å². The van der Waals surface area contributed by atoms with Crippen LogP contribution in [0.2, 0.25) is 0 Å². The Morgan fingerprint density at radius 2 is 1.36 bits per heavy atom. The molecule has 2 aliphatic heterocycles. The van der Waals surface area contributed by atoms with Gasteiger partial charge in [0.1, 0.15) is 0 Å². The van der Waals surface area contributed by atoms with Crippen LogP contribution in [0.5, 0.6) is 0 Å². The van der Waals surface area contributed by atoms with E-state index in [1.54, 1.807) is 0 Å². The van der Waals surface area contributed by atoms with Gasteiger partial charge in [-0.05, 0) is 33.1 Å². The van der Waals surface area contributed by atoms with Gasteiger partial charge in [0.15, 0.2) is 0 Å². The normalized spacial score (nSPS) is 47.5. The molecular weight excluding hydrogens is 140 g/mol. The summed E-state index contributed by atoms with van der Waals surface area (Å²) >= 11 is 0. The molecule has 2 aliphatic rings. The second-order valence-electron chi connectivity index (χ2n) is 4.33. The summed E-state index contributed by atoms with van der Waals surface area (Å²) < 4.78 is 10.6. The Kier molecular flexibility index (Phi) is 1.52. The van der Waals surface area contributed by atoms with Crippen LogP contribution in [0.1, 0.15) is 33.1 Å². The summed E-state index contributed by atoms with van der Waals surface area (Å²) in [7, 11) is 0. The minimum atomic E-state index is 0.241. The van der Waals surface area contributed by atoms with Gasteiger partial charge in [-0.25, -0.2) is 0 Å². The van der Waals surface area contributed by atoms with Crippen molar-refractivity contribution in [3.05, 3.63) is 0 Å². The van der Waals surface area contributed by atoms with Gasteiger partial charge in [0.25, 0.3) is 0 Å². The first-order chi connectivity index (χ1) is 5.12. The van der Waals surface area contributed by atoms with Gasteiger partial charge in [-0.3, -0.25) is 0 Å². The van der Waals surface area contributed by atoms with Gasteiger partial charge in [-0.1, -0.05) is 0 Å². The summed E-state index contributed by atoms with van der Waals surface area (Å²) in [5.41, 5.74) is 0.483. The zero-order valence-electron chi connectivity index (χ0n) is 7.35. The molecule has 0 amide bonds. The zero-order chi connectivity index (χ0) is 7.95. The van der Waals surface area contributed by atoms with Crippen molar-refractivity contribution in [1.82, 2.24) is 0 Å². The Morgan fingerprint density at radius 1 is 1.00 bits per heavy atom. The fraction of sp³-hybridized carbons (Fsp3) is 1.00. The molecule has 11 heavy (non-hydrogen) atoms. The highest BCUT2D eigenvalue weighted by Crippen LogP contribution is 2.36. The van der Waals surface area contributed by atoms with Crippen molar-refractivity contribution in [2.75, 3.05) is 13.2 Å². The second-order valence-corrected chi connectivity index (χ2v) is 4.33. The Labute approximate surface area is 67.9 Å². The average Bonchev–Trinajstić information content (AvgIpc) is 2.78.